The molecule has 0 atom stereocenters. The maximum Gasteiger partial charge on any atom is 0.338 e. The van der Waals surface area contributed by atoms with Crippen LogP contribution < -0.4 is 4.72 Å². The molecule has 0 aliphatic heterocycles. The summed E-state index contributed by atoms with van der Waals surface area (Å²) in [6, 6.07) is 11.6. The molecule has 0 amide bonds. The van der Waals surface area contributed by atoms with Crippen molar-refractivity contribution in [3.8, 4) is 11.3 Å². The van der Waals surface area contributed by atoms with E-state index in [0.717, 1.165) is 16.3 Å². The van der Waals surface area contributed by atoms with Gasteiger partial charge in [0.05, 0.1) is 27.8 Å². The Hall–Kier alpha value is -2.71. The number of esters is 1. The van der Waals surface area contributed by atoms with Gasteiger partial charge < -0.3 is 4.74 Å². The van der Waals surface area contributed by atoms with Crippen molar-refractivity contribution in [2.45, 2.75) is 38.5 Å². The lowest BCUT2D eigenvalue weighted by Gasteiger charge is -2.16. The van der Waals surface area contributed by atoms with Gasteiger partial charge in [-0.05, 0) is 49.6 Å². The lowest BCUT2D eigenvalue weighted by atomic mass is 10.0. The summed E-state index contributed by atoms with van der Waals surface area (Å²) in [6.45, 7) is 7.77. The average molecular weight is 445 g/mol. The van der Waals surface area contributed by atoms with Crippen molar-refractivity contribution in [1.29, 1.82) is 0 Å². The second-order valence-corrected chi connectivity index (χ2v) is 9.78. The van der Waals surface area contributed by atoms with Crippen LogP contribution in [-0.4, -0.2) is 26.0 Å². The third kappa shape index (κ3) is 4.88. The Labute approximate surface area is 181 Å². The van der Waals surface area contributed by atoms with E-state index < -0.39 is 16.0 Å². The molecule has 0 bridgehead atoms. The fourth-order valence-corrected chi connectivity index (χ4v) is 5.10. The molecule has 0 aliphatic carbocycles. The minimum Gasteiger partial charge on any atom is -0.462 e. The van der Waals surface area contributed by atoms with Crippen molar-refractivity contribution in [2.75, 3.05) is 11.3 Å². The van der Waals surface area contributed by atoms with Gasteiger partial charge in [-0.2, -0.15) is 0 Å². The first-order valence-electron chi connectivity index (χ1n) is 9.57. The molecule has 0 spiro atoms. The number of nitrogens with zero attached hydrogens (tertiary/aromatic N) is 1. The first-order chi connectivity index (χ1) is 14.2. The Balaban J connectivity index is 2.01. The fourth-order valence-electron chi connectivity index (χ4n) is 3.03. The van der Waals surface area contributed by atoms with Crippen molar-refractivity contribution in [3.63, 3.8) is 0 Å². The highest BCUT2D eigenvalue weighted by Crippen LogP contribution is 2.31. The van der Waals surface area contributed by atoms with Crippen LogP contribution in [0.3, 0.4) is 0 Å². The van der Waals surface area contributed by atoms with E-state index in [2.05, 4.69) is 9.71 Å². The number of benzene rings is 2. The molecule has 0 saturated carbocycles. The average Bonchev–Trinajstić information content (AvgIpc) is 3.14. The number of ether oxygens (including phenoxy) is 1. The molecule has 2 aromatic carbocycles. The van der Waals surface area contributed by atoms with Gasteiger partial charge >= 0.3 is 5.97 Å². The molecule has 3 aromatic rings. The van der Waals surface area contributed by atoms with Gasteiger partial charge in [0, 0.05) is 16.6 Å². The van der Waals surface area contributed by atoms with E-state index in [9.17, 15) is 13.2 Å². The van der Waals surface area contributed by atoms with Crippen molar-refractivity contribution in [1.82, 2.24) is 4.98 Å². The van der Waals surface area contributed by atoms with Gasteiger partial charge in [-0.25, -0.2) is 18.2 Å². The van der Waals surface area contributed by atoms with E-state index in [1.54, 1.807) is 31.2 Å². The van der Waals surface area contributed by atoms with Crippen LogP contribution in [-0.2, 0) is 14.8 Å². The number of rotatable bonds is 7. The maximum atomic E-state index is 13.3. The summed E-state index contributed by atoms with van der Waals surface area (Å²) in [6.07, 6.45) is 0. The van der Waals surface area contributed by atoms with Crippen molar-refractivity contribution >= 4 is 33.0 Å². The Morgan fingerprint density at radius 1 is 1.20 bits per heavy atom. The summed E-state index contributed by atoms with van der Waals surface area (Å²) in [7, 11) is -3.89. The van der Waals surface area contributed by atoms with Gasteiger partial charge in [0.15, 0.2) is 0 Å². The van der Waals surface area contributed by atoms with Gasteiger partial charge in [-0.1, -0.05) is 32.0 Å². The third-order valence-electron chi connectivity index (χ3n) is 4.47. The van der Waals surface area contributed by atoms with Gasteiger partial charge in [0.25, 0.3) is 10.0 Å². The van der Waals surface area contributed by atoms with E-state index in [4.69, 9.17) is 4.74 Å². The van der Waals surface area contributed by atoms with Crippen molar-refractivity contribution in [2.24, 2.45) is 0 Å². The third-order valence-corrected chi connectivity index (χ3v) is 6.68. The molecule has 0 aliphatic rings. The molecule has 0 saturated heterocycles. The molecule has 6 nitrogen and oxygen atoms in total. The second-order valence-electron chi connectivity index (χ2n) is 7.07. The lowest BCUT2D eigenvalue weighted by Crippen LogP contribution is -2.16. The molecule has 158 valence electrons. The van der Waals surface area contributed by atoms with Crippen LogP contribution in [0.4, 0.5) is 5.69 Å². The van der Waals surface area contributed by atoms with Crippen LogP contribution in [0.15, 0.2) is 52.7 Å². The number of aryl methyl sites for hydroxylation is 1. The molecule has 0 unspecified atom stereocenters. The predicted octanol–water partition coefficient (Wildman–Crippen LogP) is 5.22. The summed E-state index contributed by atoms with van der Waals surface area (Å²) in [5, 5.41) is 2.82. The predicted molar refractivity (Wildman–Crippen MR) is 120 cm³/mol. The van der Waals surface area contributed by atoms with E-state index in [1.807, 2.05) is 38.3 Å². The monoisotopic (exact) mass is 444 g/mol. The fraction of sp³-hybridized carbons (Fsp3) is 0.273. The zero-order valence-electron chi connectivity index (χ0n) is 17.3. The molecule has 0 fully saturated rings. The molecule has 30 heavy (non-hydrogen) atoms. The van der Waals surface area contributed by atoms with Gasteiger partial charge in [0.2, 0.25) is 0 Å². The Bertz CT molecular complexity index is 1170. The Morgan fingerprint density at radius 3 is 2.60 bits per heavy atom. The SMILES string of the molecule is CCOC(=O)c1cccc(NS(=O)(=O)c2cc(-c3csc(C)n3)ccc2C(C)C)c1. The first-order valence-corrected chi connectivity index (χ1v) is 11.9. The Morgan fingerprint density at radius 2 is 1.97 bits per heavy atom. The molecular weight excluding hydrogens is 420 g/mol. The molecule has 8 heteroatoms. The normalized spacial score (nSPS) is 11.5. The zero-order chi connectivity index (χ0) is 21.9. The van der Waals surface area contributed by atoms with Crippen LogP contribution in [0.2, 0.25) is 0 Å². The van der Waals surface area contributed by atoms with Crippen LogP contribution in [0, 0.1) is 6.92 Å². The molecular formula is C22H24N2O4S2. The van der Waals surface area contributed by atoms with Gasteiger partial charge in [-0.15, -0.1) is 11.3 Å². The molecule has 1 N–H and O–H groups in total. The molecule has 0 radical (unpaired) electrons. The minimum atomic E-state index is -3.89. The highest BCUT2D eigenvalue weighted by Gasteiger charge is 2.22. The Kier molecular flexibility index (Phi) is 6.58. The number of nitrogens with one attached hydrogen (secondary N) is 1. The number of hydrogen-bond donors (Lipinski definition) is 1. The van der Waals surface area contributed by atoms with Gasteiger partial charge in [0.1, 0.15) is 0 Å². The number of anilines is 1. The molecule has 1 aromatic heterocycles. The summed E-state index contributed by atoms with van der Waals surface area (Å²) in [5.41, 5.74) is 2.77. The smallest absolute Gasteiger partial charge is 0.338 e. The quantitative estimate of drug-likeness (QED) is 0.505. The van der Waals surface area contributed by atoms with E-state index >= 15 is 0 Å². The number of carbonyl (C=O) groups excluding carboxylic acids is 1. The summed E-state index contributed by atoms with van der Waals surface area (Å²) in [5.74, 6) is -0.490. The zero-order valence-corrected chi connectivity index (χ0v) is 18.9. The number of thiazole rings is 1. The minimum absolute atomic E-state index is 0.00802. The van der Waals surface area contributed by atoms with E-state index in [0.29, 0.717) is 11.3 Å². The molecule has 1 heterocycles. The van der Waals surface area contributed by atoms with Crippen molar-refractivity contribution < 1.29 is 17.9 Å². The largest absolute Gasteiger partial charge is 0.462 e. The van der Waals surface area contributed by atoms with Crippen LogP contribution in [0.25, 0.3) is 11.3 Å². The van der Waals surface area contributed by atoms with Crippen LogP contribution in [0.5, 0.6) is 0 Å². The summed E-state index contributed by atoms with van der Waals surface area (Å²) < 4.78 is 34.1. The number of hydrogen-bond acceptors (Lipinski definition) is 6. The lowest BCUT2D eigenvalue weighted by molar-refractivity contribution is 0.0526. The standard InChI is InChI=1S/C22H24N2O4S2/c1-5-28-22(25)17-7-6-8-18(11-17)24-30(26,27)21-12-16(9-10-19(21)14(2)3)20-13-29-15(4)23-20/h6-14,24H,5H2,1-4H3. The number of aromatic nitrogens is 1. The maximum absolute atomic E-state index is 13.3. The van der Waals surface area contributed by atoms with Gasteiger partial charge in [-0.3, -0.25) is 4.72 Å². The summed E-state index contributed by atoms with van der Waals surface area (Å²) in [4.78, 5) is 16.6. The first kappa shape index (κ1) is 22.0. The highest BCUT2D eigenvalue weighted by atomic mass is 32.2. The topological polar surface area (TPSA) is 85.4 Å². The number of sulfonamides is 1. The number of carbonyl (C=O) groups is 1. The van der Waals surface area contributed by atoms with E-state index in [-0.39, 0.29) is 23.0 Å². The van der Waals surface area contributed by atoms with Crippen LogP contribution >= 0.6 is 11.3 Å². The molecule has 3 rings (SSSR count). The van der Waals surface area contributed by atoms with Crippen LogP contribution in [0.1, 0.15) is 47.6 Å². The summed E-state index contributed by atoms with van der Waals surface area (Å²) >= 11 is 1.51. The van der Waals surface area contributed by atoms with E-state index in [1.165, 1.54) is 17.4 Å². The van der Waals surface area contributed by atoms with Crippen molar-refractivity contribution in [3.05, 3.63) is 64.0 Å². The highest BCUT2D eigenvalue weighted by molar-refractivity contribution is 7.92. The second kappa shape index (κ2) is 8.97.